The third kappa shape index (κ3) is 3.32. The van der Waals surface area contributed by atoms with Crippen molar-refractivity contribution >= 4 is 11.6 Å². The van der Waals surface area contributed by atoms with Gasteiger partial charge in [0.2, 0.25) is 0 Å². The Kier molecular flexibility index (Phi) is 4.93. The fourth-order valence-electron chi connectivity index (χ4n) is 3.34. The normalized spacial score (nSPS) is 18.2. The molecule has 2 heterocycles. The molecule has 24 heavy (non-hydrogen) atoms. The summed E-state index contributed by atoms with van der Waals surface area (Å²) in [6.07, 6.45) is 4.04. The van der Waals surface area contributed by atoms with Crippen LogP contribution in [0.15, 0.2) is 47.3 Å². The number of carbonyl (C=O) groups is 1. The molecule has 1 aliphatic rings. The molecule has 0 aliphatic carbocycles. The van der Waals surface area contributed by atoms with E-state index < -0.39 is 0 Å². The molecule has 4 heteroatoms. The van der Waals surface area contributed by atoms with Crippen LogP contribution in [0.2, 0.25) is 0 Å². The van der Waals surface area contributed by atoms with Crippen LogP contribution in [-0.2, 0) is 0 Å². The van der Waals surface area contributed by atoms with Crippen molar-refractivity contribution in [3.8, 4) is 0 Å². The molecule has 128 valence electrons. The first kappa shape index (κ1) is 16.6. The van der Waals surface area contributed by atoms with E-state index in [4.69, 9.17) is 4.42 Å². The second-order valence-electron chi connectivity index (χ2n) is 6.77. The Bertz CT molecular complexity index is 679. The molecule has 2 aromatic rings. The van der Waals surface area contributed by atoms with E-state index in [0.29, 0.717) is 11.5 Å². The lowest BCUT2D eigenvalue weighted by atomic mass is 10.0. The first-order valence-electron chi connectivity index (χ1n) is 8.78. The summed E-state index contributed by atoms with van der Waals surface area (Å²) in [5.41, 5.74) is 3.26. The summed E-state index contributed by atoms with van der Waals surface area (Å²) in [5.74, 6) is 0.599. The Morgan fingerprint density at radius 3 is 2.79 bits per heavy atom. The van der Waals surface area contributed by atoms with Crippen molar-refractivity contribution in [2.24, 2.45) is 0 Å². The average molecular weight is 326 g/mol. The highest BCUT2D eigenvalue weighted by molar-refractivity contribution is 5.94. The van der Waals surface area contributed by atoms with Gasteiger partial charge in [0.05, 0.1) is 11.8 Å². The summed E-state index contributed by atoms with van der Waals surface area (Å²) >= 11 is 0. The van der Waals surface area contributed by atoms with Crippen LogP contribution in [0.3, 0.4) is 0 Å². The van der Waals surface area contributed by atoms with Crippen molar-refractivity contribution in [2.45, 2.75) is 39.2 Å². The van der Waals surface area contributed by atoms with Gasteiger partial charge in [-0.2, -0.15) is 0 Å². The van der Waals surface area contributed by atoms with Gasteiger partial charge in [0.15, 0.2) is 0 Å². The molecule has 0 spiro atoms. The number of piperazine rings is 1. The van der Waals surface area contributed by atoms with Gasteiger partial charge in [0.25, 0.3) is 5.91 Å². The van der Waals surface area contributed by atoms with E-state index in [0.717, 1.165) is 26.1 Å². The molecule has 1 fully saturated rings. The fraction of sp³-hybridized carbons (Fsp3) is 0.450. The van der Waals surface area contributed by atoms with Crippen molar-refractivity contribution in [2.75, 3.05) is 24.5 Å². The summed E-state index contributed by atoms with van der Waals surface area (Å²) in [6.45, 7) is 9.07. The average Bonchev–Trinajstić information content (AvgIpc) is 3.15. The van der Waals surface area contributed by atoms with E-state index in [-0.39, 0.29) is 11.9 Å². The van der Waals surface area contributed by atoms with Crippen LogP contribution < -0.4 is 4.90 Å². The van der Waals surface area contributed by atoms with E-state index in [2.05, 4.69) is 49.9 Å². The fourth-order valence-corrected chi connectivity index (χ4v) is 3.34. The number of furan rings is 1. The van der Waals surface area contributed by atoms with Gasteiger partial charge in [-0.25, -0.2) is 0 Å². The maximum atomic E-state index is 12.7. The van der Waals surface area contributed by atoms with Gasteiger partial charge in [-0.15, -0.1) is 0 Å². The monoisotopic (exact) mass is 326 g/mol. The second-order valence-corrected chi connectivity index (χ2v) is 6.77. The standard InChI is InChI=1S/C20H26N2O2/c1-4-18-13-21(19-7-5-6-16(12-19)15(2)3)9-10-22(18)20(23)17-8-11-24-14-17/h5-8,11-12,14-15,18H,4,9-10,13H2,1-3H3/t18-/m1/s1. The Balaban J connectivity index is 1.75. The van der Waals surface area contributed by atoms with Crippen molar-refractivity contribution in [3.05, 3.63) is 54.0 Å². The molecule has 1 aliphatic heterocycles. The number of hydrogen-bond donors (Lipinski definition) is 0. The zero-order valence-electron chi connectivity index (χ0n) is 14.7. The lowest BCUT2D eigenvalue weighted by Gasteiger charge is -2.42. The highest BCUT2D eigenvalue weighted by Crippen LogP contribution is 2.25. The molecule has 1 atom stereocenters. The summed E-state index contributed by atoms with van der Waals surface area (Å²) in [7, 11) is 0. The number of nitrogens with zero attached hydrogens (tertiary/aromatic N) is 2. The highest BCUT2D eigenvalue weighted by Gasteiger charge is 2.30. The smallest absolute Gasteiger partial charge is 0.257 e. The van der Waals surface area contributed by atoms with Gasteiger partial charge in [-0.1, -0.05) is 32.9 Å². The lowest BCUT2D eigenvalue weighted by molar-refractivity contribution is 0.0651. The number of amides is 1. The summed E-state index contributed by atoms with van der Waals surface area (Å²) in [4.78, 5) is 17.1. The van der Waals surface area contributed by atoms with Gasteiger partial charge in [0, 0.05) is 31.4 Å². The first-order valence-corrected chi connectivity index (χ1v) is 8.78. The molecule has 0 radical (unpaired) electrons. The number of hydrogen-bond acceptors (Lipinski definition) is 3. The molecule has 3 rings (SSSR count). The van der Waals surface area contributed by atoms with Crippen molar-refractivity contribution < 1.29 is 9.21 Å². The SMILES string of the molecule is CC[C@@H]1CN(c2cccc(C(C)C)c2)CCN1C(=O)c1ccoc1. The van der Waals surface area contributed by atoms with E-state index in [1.807, 2.05) is 4.90 Å². The quantitative estimate of drug-likeness (QED) is 0.847. The van der Waals surface area contributed by atoms with Crippen molar-refractivity contribution in [3.63, 3.8) is 0 Å². The molecule has 4 nitrogen and oxygen atoms in total. The maximum Gasteiger partial charge on any atom is 0.257 e. The third-order valence-corrected chi connectivity index (χ3v) is 4.88. The van der Waals surface area contributed by atoms with Crippen LogP contribution in [0.1, 0.15) is 49.0 Å². The lowest BCUT2D eigenvalue weighted by Crippen LogP contribution is -2.55. The highest BCUT2D eigenvalue weighted by atomic mass is 16.3. The zero-order chi connectivity index (χ0) is 17.1. The summed E-state index contributed by atoms with van der Waals surface area (Å²) in [5, 5.41) is 0. The number of anilines is 1. The van der Waals surface area contributed by atoms with Crippen molar-refractivity contribution in [1.82, 2.24) is 4.90 Å². The Morgan fingerprint density at radius 2 is 2.12 bits per heavy atom. The van der Waals surface area contributed by atoms with E-state index in [1.54, 1.807) is 12.3 Å². The van der Waals surface area contributed by atoms with Crippen LogP contribution in [0.25, 0.3) is 0 Å². The molecule has 0 unspecified atom stereocenters. The van der Waals surface area contributed by atoms with Crippen LogP contribution in [0.5, 0.6) is 0 Å². The topological polar surface area (TPSA) is 36.7 Å². The van der Waals surface area contributed by atoms with Crippen LogP contribution in [0.4, 0.5) is 5.69 Å². The predicted octanol–water partition coefficient (Wildman–Crippen LogP) is 4.14. The van der Waals surface area contributed by atoms with Gasteiger partial charge in [-0.05, 0) is 36.1 Å². The predicted molar refractivity (Wildman–Crippen MR) is 96.6 cm³/mol. The number of benzene rings is 1. The van der Waals surface area contributed by atoms with Gasteiger partial charge < -0.3 is 14.2 Å². The maximum absolute atomic E-state index is 12.7. The minimum absolute atomic E-state index is 0.0752. The minimum Gasteiger partial charge on any atom is -0.472 e. The Labute approximate surface area is 144 Å². The Morgan fingerprint density at radius 1 is 1.29 bits per heavy atom. The van der Waals surface area contributed by atoms with Gasteiger partial charge >= 0.3 is 0 Å². The van der Waals surface area contributed by atoms with Crippen LogP contribution in [0, 0.1) is 0 Å². The van der Waals surface area contributed by atoms with Crippen molar-refractivity contribution in [1.29, 1.82) is 0 Å². The zero-order valence-corrected chi connectivity index (χ0v) is 14.7. The molecule has 0 bridgehead atoms. The Hall–Kier alpha value is -2.23. The molecule has 1 aromatic heterocycles. The second kappa shape index (κ2) is 7.12. The summed E-state index contributed by atoms with van der Waals surface area (Å²) in [6, 6.07) is 10.7. The number of carbonyl (C=O) groups excluding carboxylic acids is 1. The molecule has 0 saturated carbocycles. The largest absolute Gasteiger partial charge is 0.472 e. The van der Waals surface area contributed by atoms with Crippen LogP contribution in [-0.4, -0.2) is 36.5 Å². The molecular weight excluding hydrogens is 300 g/mol. The molecule has 1 aromatic carbocycles. The molecule has 1 amide bonds. The van der Waals surface area contributed by atoms with E-state index >= 15 is 0 Å². The van der Waals surface area contributed by atoms with E-state index in [1.165, 1.54) is 17.5 Å². The first-order chi connectivity index (χ1) is 11.6. The van der Waals surface area contributed by atoms with Gasteiger partial charge in [-0.3, -0.25) is 4.79 Å². The summed E-state index contributed by atoms with van der Waals surface area (Å²) < 4.78 is 5.06. The van der Waals surface area contributed by atoms with E-state index in [9.17, 15) is 4.79 Å². The third-order valence-electron chi connectivity index (χ3n) is 4.88. The molecule has 1 saturated heterocycles. The van der Waals surface area contributed by atoms with Crippen LogP contribution >= 0.6 is 0 Å². The van der Waals surface area contributed by atoms with Gasteiger partial charge in [0.1, 0.15) is 6.26 Å². The molecular formula is C20H26N2O2. The minimum atomic E-state index is 0.0752. The molecule has 0 N–H and O–H groups in total. The number of rotatable bonds is 4.